The summed E-state index contributed by atoms with van der Waals surface area (Å²) in [7, 11) is 3.97. The highest BCUT2D eigenvalue weighted by Crippen LogP contribution is 2.35. The van der Waals surface area contributed by atoms with Crippen LogP contribution in [0.2, 0.25) is 0 Å². The van der Waals surface area contributed by atoms with Gasteiger partial charge in [-0.15, -0.1) is 0 Å². The second-order valence-electron chi connectivity index (χ2n) is 10.2. The zero-order valence-corrected chi connectivity index (χ0v) is 22.7. The van der Waals surface area contributed by atoms with Crippen LogP contribution in [0.4, 0.5) is 11.5 Å². The molecule has 0 radical (unpaired) electrons. The Bertz CT molecular complexity index is 1700. The predicted molar refractivity (Wildman–Crippen MR) is 152 cm³/mol. The Kier molecular flexibility index (Phi) is 6.87. The van der Waals surface area contributed by atoms with Crippen LogP contribution in [-0.2, 0) is 4.79 Å². The van der Waals surface area contributed by atoms with E-state index in [1.54, 1.807) is 16.9 Å². The van der Waals surface area contributed by atoms with E-state index in [0.717, 1.165) is 59.1 Å². The molecule has 0 aliphatic carbocycles. The third-order valence-electron chi connectivity index (χ3n) is 7.07. The topological polar surface area (TPSA) is 105 Å². The van der Waals surface area contributed by atoms with Gasteiger partial charge in [-0.3, -0.25) is 4.79 Å². The number of likely N-dealkylation sites (tertiary alicyclic amines) is 1. The summed E-state index contributed by atoms with van der Waals surface area (Å²) in [6.07, 6.45) is 11.3. The molecule has 0 bridgehead atoms. The van der Waals surface area contributed by atoms with E-state index >= 15 is 0 Å². The van der Waals surface area contributed by atoms with Gasteiger partial charge in [0.05, 0.1) is 0 Å². The number of likely N-dealkylation sites (N-methyl/N-ethyl adjacent to an activating group) is 1. The van der Waals surface area contributed by atoms with Crippen LogP contribution in [0.15, 0.2) is 73.6 Å². The third-order valence-corrected chi connectivity index (χ3v) is 7.07. The molecular weight excluding hydrogens is 506 g/mol. The van der Waals surface area contributed by atoms with E-state index in [0.29, 0.717) is 12.3 Å². The molecule has 0 saturated carbocycles. The zero-order chi connectivity index (χ0) is 27.6. The van der Waals surface area contributed by atoms with Crippen LogP contribution in [0.5, 0.6) is 11.5 Å². The van der Waals surface area contributed by atoms with Crippen LogP contribution < -0.4 is 10.1 Å². The number of hydrogen-bond donors (Lipinski definition) is 1. The molecule has 40 heavy (non-hydrogen) atoms. The lowest BCUT2D eigenvalue weighted by Crippen LogP contribution is -2.26. The second-order valence-corrected chi connectivity index (χ2v) is 10.2. The maximum Gasteiger partial charge on any atom is 0.246 e. The Morgan fingerprint density at radius 2 is 1.93 bits per heavy atom. The van der Waals surface area contributed by atoms with Crippen molar-refractivity contribution in [3.8, 4) is 11.5 Å². The van der Waals surface area contributed by atoms with Gasteiger partial charge in [-0.25, -0.2) is 19.0 Å². The molecule has 1 aromatic carbocycles. The maximum atomic E-state index is 12.7. The number of nitrogens with zero attached hydrogens (tertiary/aromatic N) is 8. The summed E-state index contributed by atoms with van der Waals surface area (Å²) in [5.41, 5.74) is 4.64. The highest BCUT2D eigenvalue weighted by atomic mass is 16.5. The van der Waals surface area contributed by atoms with E-state index in [1.807, 2.05) is 84.1 Å². The number of aromatic nitrogens is 6. The monoisotopic (exact) mass is 537 g/mol. The Morgan fingerprint density at radius 1 is 1.10 bits per heavy atom. The molecule has 204 valence electrons. The van der Waals surface area contributed by atoms with Crippen LogP contribution in [0.25, 0.3) is 11.2 Å². The Balaban J connectivity index is 1.19. The first kappa shape index (κ1) is 25.5. The molecule has 1 fully saturated rings. The third kappa shape index (κ3) is 5.23. The smallest absolute Gasteiger partial charge is 0.246 e. The van der Waals surface area contributed by atoms with Crippen molar-refractivity contribution in [2.45, 2.75) is 19.3 Å². The number of nitrogens with one attached hydrogen (secondary N) is 1. The van der Waals surface area contributed by atoms with Crippen LogP contribution in [0, 0.1) is 6.92 Å². The molecular formula is C29H31N9O2. The quantitative estimate of drug-likeness (QED) is 0.296. The van der Waals surface area contributed by atoms with Gasteiger partial charge >= 0.3 is 0 Å². The van der Waals surface area contributed by atoms with Gasteiger partial charge in [0.2, 0.25) is 5.91 Å². The first-order valence-corrected chi connectivity index (χ1v) is 13.2. The van der Waals surface area contributed by atoms with Crippen molar-refractivity contribution < 1.29 is 9.53 Å². The molecule has 1 aliphatic rings. The zero-order valence-electron chi connectivity index (χ0n) is 22.7. The fourth-order valence-corrected chi connectivity index (χ4v) is 5.05. The average Bonchev–Trinajstić information content (AvgIpc) is 3.69. The van der Waals surface area contributed by atoms with E-state index in [2.05, 4.69) is 31.5 Å². The Hall–Kier alpha value is -4.77. The fourth-order valence-electron chi connectivity index (χ4n) is 5.05. The number of carbonyl (C=O) groups is 1. The normalized spacial score (nSPS) is 15.6. The molecule has 0 spiro atoms. The van der Waals surface area contributed by atoms with Crippen molar-refractivity contribution in [1.82, 2.24) is 39.0 Å². The molecule has 0 unspecified atom stereocenters. The van der Waals surface area contributed by atoms with Gasteiger partial charge < -0.3 is 19.9 Å². The summed E-state index contributed by atoms with van der Waals surface area (Å²) in [6, 6.07) is 11.7. The molecule has 1 saturated heterocycles. The van der Waals surface area contributed by atoms with Crippen LogP contribution in [0.3, 0.4) is 0 Å². The first-order chi connectivity index (χ1) is 19.4. The van der Waals surface area contributed by atoms with E-state index in [-0.39, 0.29) is 11.8 Å². The van der Waals surface area contributed by atoms with Gasteiger partial charge in [-0.2, -0.15) is 10.2 Å². The summed E-state index contributed by atoms with van der Waals surface area (Å²) in [6.45, 7) is 4.15. The molecule has 1 amide bonds. The summed E-state index contributed by atoms with van der Waals surface area (Å²) < 4.78 is 9.66. The van der Waals surface area contributed by atoms with Crippen molar-refractivity contribution in [3.05, 3.63) is 84.7 Å². The number of hydrogen-bond acceptors (Lipinski definition) is 8. The van der Waals surface area contributed by atoms with Crippen molar-refractivity contribution >= 4 is 28.6 Å². The van der Waals surface area contributed by atoms with Crippen molar-refractivity contribution in [2.75, 3.05) is 39.0 Å². The minimum absolute atomic E-state index is 0.0571. The Morgan fingerprint density at radius 3 is 2.77 bits per heavy atom. The number of fused-ring (bicyclic) bond motifs is 2. The number of carbonyl (C=O) groups excluding carboxylic acids is 1. The van der Waals surface area contributed by atoms with Crippen molar-refractivity contribution in [1.29, 1.82) is 0 Å². The van der Waals surface area contributed by atoms with E-state index in [4.69, 9.17) is 4.74 Å². The van der Waals surface area contributed by atoms with E-state index < -0.39 is 0 Å². The van der Waals surface area contributed by atoms with Gasteiger partial charge in [0.25, 0.3) is 0 Å². The fraction of sp³-hybridized carbons (Fsp3) is 0.276. The van der Waals surface area contributed by atoms with Gasteiger partial charge in [-0.1, -0.05) is 6.08 Å². The summed E-state index contributed by atoms with van der Waals surface area (Å²) in [5, 5.41) is 12.0. The van der Waals surface area contributed by atoms with Crippen LogP contribution in [-0.4, -0.2) is 78.6 Å². The first-order valence-electron chi connectivity index (χ1n) is 13.2. The average molecular weight is 538 g/mol. The van der Waals surface area contributed by atoms with E-state index in [1.165, 1.54) is 6.33 Å². The lowest BCUT2D eigenvalue weighted by Gasteiger charge is -2.16. The van der Waals surface area contributed by atoms with Gasteiger partial charge in [0.1, 0.15) is 29.7 Å². The lowest BCUT2D eigenvalue weighted by atomic mass is 9.99. The SMILES string of the molecule is Cc1cc(Nc2ncnn3ccc([C@@H]4CCN(C(=O)/C=C/CN(C)C)C4)c23)ccc1Oc1ccn2ncnc2c1. The molecule has 1 atom stereocenters. The minimum Gasteiger partial charge on any atom is -0.457 e. The molecule has 4 aromatic heterocycles. The van der Waals surface area contributed by atoms with Gasteiger partial charge in [-0.05, 0) is 68.9 Å². The number of aryl methyl sites for hydroxylation is 1. The summed E-state index contributed by atoms with van der Waals surface area (Å²) in [5.74, 6) is 2.43. The molecule has 6 rings (SSSR count). The minimum atomic E-state index is 0.0571. The molecule has 1 N–H and O–H groups in total. The maximum absolute atomic E-state index is 12.7. The highest BCUT2D eigenvalue weighted by Gasteiger charge is 2.29. The summed E-state index contributed by atoms with van der Waals surface area (Å²) >= 11 is 0. The van der Waals surface area contributed by atoms with Crippen molar-refractivity contribution in [3.63, 3.8) is 0 Å². The number of pyridine rings is 1. The number of amides is 1. The highest BCUT2D eigenvalue weighted by molar-refractivity contribution is 5.88. The number of rotatable bonds is 8. The van der Waals surface area contributed by atoms with Gasteiger partial charge in [0, 0.05) is 55.8 Å². The van der Waals surface area contributed by atoms with Gasteiger partial charge in [0.15, 0.2) is 11.5 Å². The van der Waals surface area contributed by atoms with Crippen LogP contribution in [0.1, 0.15) is 23.5 Å². The second kappa shape index (κ2) is 10.8. The number of benzene rings is 1. The predicted octanol–water partition coefficient (Wildman–Crippen LogP) is 4.05. The molecule has 5 aromatic rings. The molecule has 11 heteroatoms. The number of anilines is 2. The molecule has 11 nitrogen and oxygen atoms in total. The molecule has 5 heterocycles. The van der Waals surface area contributed by atoms with E-state index in [9.17, 15) is 4.79 Å². The largest absolute Gasteiger partial charge is 0.457 e. The summed E-state index contributed by atoms with van der Waals surface area (Å²) in [4.78, 5) is 25.4. The standard InChI is InChI=1S/C29H31N9O2/c1-20-15-22(6-7-25(20)40-23-9-13-37-26(16-23)30-18-32-37)34-29-28-24(10-14-38(28)33-19-31-29)21-8-12-36(17-21)27(39)5-4-11-35(2)3/h4-7,9-10,13-16,18-19,21H,8,11-12,17H2,1-3H3,(H,31,33,34)/b5-4+/t21-/m1/s1. The number of ether oxygens (including phenoxy) is 1. The Labute approximate surface area is 231 Å². The van der Waals surface area contributed by atoms with Crippen molar-refractivity contribution in [2.24, 2.45) is 0 Å². The lowest BCUT2D eigenvalue weighted by molar-refractivity contribution is -0.125. The van der Waals surface area contributed by atoms with Crippen LogP contribution >= 0.6 is 0 Å². The molecule has 1 aliphatic heterocycles.